The smallest absolute Gasteiger partial charge is 0.397 e. The molecular weight excluding hydrogens is 211 g/mol. The third-order valence-electron chi connectivity index (χ3n) is 1.80. The van der Waals surface area contributed by atoms with E-state index in [0.29, 0.717) is 12.1 Å². The molecule has 0 aliphatic carbocycles. The summed E-state index contributed by atoms with van der Waals surface area (Å²) >= 11 is 0. The molecular formula is C8H8F3N3O. The summed E-state index contributed by atoms with van der Waals surface area (Å²) in [6.07, 6.45) is -4.29. The average molecular weight is 219 g/mol. The molecule has 7 heteroatoms. The number of hydrogen-bond donors (Lipinski definition) is 3. The minimum absolute atomic E-state index is 0.0157. The summed E-state index contributed by atoms with van der Waals surface area (Å²) in [7, 11) is 0. The van der Waals surface area contributed by atoms with Crippen molar-refractivity contribution in [2.75, 3.05) is 11.2 Å². The molecule has 0 heterocycles. The van der Waals surface area contributed by atoms with Gasteiger partial charge in [0, 0.05) is 5.56 Å². The van der Waals surface area contributed by atoms with Crippen molar-refractivity contribution in [1.82, 2.24) is 0 Å². The summed E-state index contributed by atoms with van der Waals surface area (Å²) in [5.41, 5.74) is 5.91. The van der Waals surface area contributed by atoms with Crippen molar-refractivity contribution in [1.29, 1.82) is 0 Å². The van der Waals surface area contributed by atoms with Crippen molar-refractivity contribution in [2.24, 2.45) is 5.84 Å². The number of alkyl halides is 3. The Morgan fingerprint density at radius 1 is 1.33 bits per heavy atom. The predicted octanol–water partition coefficient (Wildman–Crippen LogP) is 1.39. The van der Waals surface area contributed by atoms with Crippen LogP contribution in [0.15, 0.2) is 12.1 Å². The molecule has 0 unspecified atom stereocenters. The predicted molar refractivity (Wildman–Crippen MR) is 49.1 cm³/mol. The van der Waals surface area contributed by atoms with Crippen LogP contribution in [0, 0.1) is 0 Å². The maximum absolute atomic E-state index is 12.3. The van der Waals surface area contributed by atoms with E-state index in [1.165, 1.54) is 0 Å². The van der Waals surface area contributed by atoms with Crippen LogP contribution < -0.4 is 17.0 Å². The lowest BCUT2D eigenvalue weighted by Gasteiger charge is -2.12. The Bertz CT molecular complexity index is 389. The van der Waals surface area contributed by atoms with E-state index in [2.05, 4.69) is 5.43 Å². The van der Waals surface area contributed by atoms with Gasteiger partial charge in [-0.15, -0.1) is 0 Å². The van der Waals surface area contributed by atoms with Crippen LogP contribution in [0.1, 0.15) is 15.9 Å². The third-order valence-corrected chi connectivity index (χ3v) is 1.80. The maximum atomic E-state index is 12.3. The molecule has 0 saturated heterocycles. The number of halogens is 3. The molecule has 0 fully saturated rings. The van der Waals surface area contributed by atoms with E-state index in [9.17, 15) is 18.0 Å². The molecule has 0 spiro atoms. The lowest BCUT2D eigenvalue weighted by Crippen LogP contribution is -2.14. The van der Waals surface area contributed by atoms with Gasteiger partial charge in [0.1, 0.15) is 0 Å². The van der Waals surface area contributed by atoms with Crippen LogP contribution in [0.25, 0.3) is 0 Å². The summed E-state index contributed by atoms with van der Waals surface area (Å²) in [5, 5.41) is 0. The van der Waals surface area contributed by atoms with Crippen LogP contribution in [0.2, 0.25) is 0 Å². The molecule has 1 rings (SSSR count). The summed E-state index contributed by atoms with van der Waals surface area (Å²) in [4.78, 5) is 10.5. The van der Waals surface area contributed by atoms with Gasteiger partial charge in [-0.05, 0) is 12.1 Å². The molecule has 0 atom stereocenters. The van der Waals surface area contributed by atoms with Crippen LogP contribution in [0.4, 0.5) is 24.5 Å². The first-order chi connectivity index (χ1) is 6.90. The molecule has 15 heavy (non-hydrogen) atoms. The highest BCUT2D eigenvalue weighted by molar-refractivity contribution is 5.90. The van der Waals surface area contributed by atoms with E-state index in [4.69, 9.17) is 11.6 Å². The lowest BCUT2D eigenvalue weighted by atomic mass is 10.1. The average Bonchev–Trinajstić information content (AvgIpc) is 2.15. The number of nitrogen functional groups attached to an aromatic ring is 2. The zero-order valence-corrected chi connectivity index (χ0v) is 7.43. The zero-order valence-electron chi connectivity index (χ0n) is 7.43. The number of anilines is 2. The minimum Gasteiger partial charge on any atom is -0.397 e. The highest BCUT2D eigenvalue weighted by atomic mass is 19.4. The second kappa shape index (κ2) is 3.77. The molecule has 5 N–H and O–H groups in total. The molecule has 0 bridgehead atoms. The van der Waals surface area contributed by atoms with Gasteiger partial charge in [-0.2, -0.15) is 13.2 Å². The molecule has 1 aromatic rings. The number of hydrogen-bond acceptors (Lipinski definition) is 4. The Morgan fingerprint density at radius 2 is 1.93 bits per heavy atom. The van der Waals surface area contributed by atoms with Gasteiger partial charge in [-0.25, -0.2) is 0 Å². The number of rotatable bonds is 2. The number of nitrogens with two attached hydrogens (primary N) is 2. The van der Waals surface area contributed by atoms with Crippen molar-refractivity contribution in [3.63, 3.8) is 0 Å². The fourth-order valence-electron chi connectivity index (χ4n) is 1.11. The summed E-state index contributed by atoms with van der Waals surface area (Å²) in [6.45, 7) is 0. The van der Waals surface area contributed by atoms with Crippen molar-refractivity contribution in [3.05, 3.63) is 23.3 Å². The highest BCUT2D eigenvalue weighted by Gasteiger charge is 2.31. The van der Waals surface area contributed by atoms with Gasteiger partial charge in [0.25, 0.3) is 0 Å². The molecule has 4 nitrogen and oxygen atoms in total. The van der Waals surface area contributed by atoms with E-state index in [1.54, 1.807) is 0 Å². The van der Waals surface area contributed by atoms with Crippen molar-refractivity contribution >= 4 is 17.7 Å². The molecule has 0 aromatic heterocycles. The van der Waals surface area contributed by atoms with Gasteiger partial charge >= 0.3 is 6.18 Å². The zero-order chi connectivity index (χ0) is 11.6. The molecule has 0 radical (unpaired) electrons. The van der Waals surface area contributed by atoms with E-state index < -0.39 is 11.7 Å². The van der Waals surface area contributed by atoms with Crippen molar-refractivity contribution < 1.29 is 18.0 Å². The molecule has 0 aliphatic rings. The van der Waals surface area contributed by atoms with Crippen molar-refractivity contribution in [3.8, 4) is 0 Å². The summed E-state index contributed by atoms with van der Waals surface area (Å²) < 4.78 is 36.9. The van der Waals surface area contributed by atoms with Gasteiger partial charge in [0.2, 0.25) is 0 Å². The maximum Gasteiger partial charge on any atom is 0.416 e. The third kappa shape index (κ3) is 2.18. The molecule has 0 saturated carbocycles. The quantitative estimate of drug-likeness (QED) is 0.304. The number of benzene rings is 1. The molecule has 0 aliphatic heterocycles. The Balaban J connectivity index is 3.38. The Morgan fingerprint density at radius 3 is 2.33 bits per heavy atom. The highest BCUT2D eigenvalue weighted by Crippen LogP contribution is 2.34. The fourth-order valence-corrected chi connectivity index (χ4v) is 1.11. The minimum atomic E-state index is -4.54. The Labute approximate surface area is 83.0 Å². The number of hydrazine groups is 1. The number of aldehydes is 1. The van der Waals surface area contributed by atoms with E-state index >= 15 is 0 Å². The van der Waals surface area contributed by atoms with E-state index in [1.807, 2.05) is 0 Å². The van der Waals surface area contributed by atoms with Crippen molar-refractivity contribution in [2.45, 2.75) is 6.18 Å². The van der Waals surface area contributed by atoms with Crippen LogP contribution in [-0.4, -0.2) is 6.29 Å². The Kier molecular flexibility index (Phi) is 2.85. The van der Waals surface area contributed by atoms with Crippen LogP contribution in [0.5, 0.6) is 0 Å². The van der Waals surface area contributed by atoms with E-state index in [-0.39, 0.29) is 23.2 Å². The standard InChI is InChI=1S/C8H8F3N3O/c9-8(10,11)5-1-4(3-15)7(14-13)6(12)2-5/h1-3,14H,12-13H2. The second-order valence-corrected chi connectivity index (χ2v) is 2.79. The first kappa shape index (κ1) is 11.3. The van der Waals surface area contributed by atoms with E-state index in [0.717, 1.165) is 0 Å². The SMILES string of the molecule is NNc1c(N)cc(C(F)(F)F)cc1C=O. The topological polar surface area (TPSA) is 81.1 Å². The second-order valence-electron chi connectivity index (χ2n) is 2.79. The number of nitrogens with one attached hydrogen (secondary N) is 1. The fraction of sp³-hybridized carbons (Fsp3) is 0.125. The van der Waals surface area contributed by atoms with Gasteiger partial charge in [-0.3, -0.25) is 10.6 Å². The van der Waals surface area contributed by atoms with Crippen LogP contribution >= 0.6 is 0 Å². The van der Waals surface area contributed by atoms with Crippen LogP contribution in [0.3, 0.4) is 0 Å². The van der Waals surface area contributed by atoms with Gasteiger partial charge in [-0.1, -0.05) is 0 Å². The van der Waals surface area contributed by atoms with Gasteiger partial charge in [0.05, 0.1) is 16.9 Å². The monoisotopic (exact) mass is 219 g/mol. The first-order valence-corrected chi connectivity index (χ1v) is 3.82. The molecule has 82 valence electrons. The number of carbonyl (C=O) groups is 1. The Hall–Kier alpha value is -1.76. The summed E-state index contributed by atoms with van der Waals surface area (Å²) in [5.74, 6) is 5.02. The van der Waals surface area contributed by atoms with Gasteiger partial charge < -0.3 is 11.2 Å². The number of carbonyl (C=O) groups excluding carboxylic acids is 1. The van der Waals surface area contributed by atoms with Gasteiger partial charge in [0.15, 0.2) is 6.29 Å². The first-order valence-electron chi connectivity index (χ1n) is 3.82. The molecule has 0 amide bonds. The van der Waals surface area contributed by atoms with Crippen LogP contribution in [-0.2, 0) is 6.18 Å². The lowest BCUT2D eigenvalue weighted by molar-refractivity contribution is -0.137. The largest absolute Gasteiger partial charge is 0.416 e. The molecule has 1 aromatic carbocycles. The normalized spacial score (nSPS) is 11.2. The summed E-state index contributed by atoms with van der Waals surface area (Å²) in [6, 6.07) is 1.39.